The van der Waals surface area contributed by atoms with Crippen molar-refractivity contribution in [1.29, 1.82) is 0 Å². The van der Waals surface area contributed by atoms with Gasteiger partial charge in [0.1, 0.15) is 0 Å². The summed E-state index contributed by atoms with van der Waals surface area (Å²) < 4.78 is 0. The van der Waals surface area contributed by atoms with Crippen molar-refractivity contribution in [3.8, 4) is 0 Å². The summed E-state index contributed by atoms with van der Waals surface area (Å²) in [6.07, 6.45) is 3.02. The lowest BCUT2D eigenvalue weighted by Crippen LogP contribution is -2.30. The molecule has 1 aliphatic rings. The molecular formula is C21H19ClN2OS2. The Labute approximate surface area is 172 Å². The van der Waals surface area contributed by atoms with Crippen molar-refractivity contribution in [2.24, 2.45) is 0 Å². The van der Waals surface area contributed by atoms with E-state index in [2.05, 4.69) is 27.7 Å². The molecule has 2 aromatic carbocycles. The molecule has 138 valence electrons. The molecule has 27 heavy (non-hydrogen) atoms. The maximum Gasteiger partial charge on any atom is 0.257 e. The largest absolute Gasteiger partial charge is 0.365 e. The molecule has 0 unspecified atom stereocenters. The van der Waals surface area contributed by atoms with Crippen molar-refractivity contribution in [3.05, 3.63) is 74.9 Å². The van der Waals surface area contributed by atoms with Crippen molar-refractivity contribution in [2.45, 2.75) is 17.9 Å². The molecule has 0 fully saturated rings. The van der Waals surface area contributed by atoms with Crippen LogP contribution in [0, 0.1) is 0 Å². The molecule has 1 N–H and O–H groups in total. The zero-order valence-corrected chi connectivity index (χ0v) is 17.3. The first kappa shape index (κ1) is 18.4. The third-order valence-corrected chi connectivity index (χ3v) is 6.80. The van der Waals surface area contributed by atoms with Crippen molar-refractivity contribution in [3.63, 3.8) is 0 Å². The molecule has 0 saturated heterocycles. The molecule has 3 nitrogen and oxygen atoms in total. The van der Waals surface area contributed by atoms with E-state index in [1.54, 1.807) is 17.8 Å². The Hall–Kier alpha value is -1.95. The van der Waals surface area contributed by atoms with E-state index in [4.69, 9.17) is 11.6 Å². The second kappa shape index (κ2) is 7.97. The molecule has 1 aliphatic heterocycles. The molecule has 4 rings (SSSR count). The third kappa shape index (κ3) is 3.86. The van der Waals surface area contributed by atoms with Gasteiger partial charge in [-0.2, -0.15) is 0 Å². The minimum absolute atomic E-state index is 0.184. The van der Waals surface area contributed by atoms with Gasteiger partial charge in [0, 0.05) is 22.9 Å². The van der Waals surface area contributed by atoms with Gasteiger partial charge in [-0.15, -0.1) is 23.1 Å². The van der Waals surface area contributed by atoms with Crippen LogP contribution in [-0.2, 0) is 13.0 Å². The number of nitrogens with one attached hydrogen (secondary N) is 1. The second-order valence-corrected chi connectivity index (χ2v) is 8.65. The van der Waals surface area contributed by atoms with E-state index in [9.17, 15) is 4.79 Å². The monoisotopic (exact) mass is 414 g/mol. The molecule has 2 heterocycles. The summed E-state index contributed by atoms with van der Waals surface area (Å²) in [6, 6.07) is 15.7. The maximum absolute atomic E-state index is 12.9. The molecule has 1 aromatic heterocycles. The summed E-state index contributed by atoms with van der Waals surface area (Å²) in [7, 11) is 0. The molecule has 3 aromatic rings. The number of halogens is 1. The van der Waals surface area contributed by atoms with Crippen LogP contribution >= 0.6 is 34.7 Å². The Morgan fingerprint density at radius 3 is 2.93 bits per heavy atom. The fraction of sp³-hybridized carbons (Fsp3) is 0.190. The number of hydrogen-bond acceptors (Lipinski definition) is 4. The standard InChI is InChI=1S/C21H19ClN2OS2/c1-26-15-6-7-17(22)16(12-15)21(25)23-18-4-2-3-5-19(18)24-10-8-20-14(13-24)9-11-27-20/h2-7,9,11-12H,8,10,13H2,1H3,(H,23,25). The van der Waals surface area contributed by atoms with Gasteiger partial charge < -0.3 is 10.2 Å². The Bertz CT molecular complexity index is 986. The number of amides is 1. The highest BCUT2D eigenvalue weighted by atomic mass is 35.5. The van der Waals surface area contributed by atoms with Crippen molar-refractivity contribution < 1.29 is 4.79 Å². The number of thiophene rings is 1. The maximum atomic E-state index is 12.9. The van der Waals surface area contributed by atoms with E-state index in [0.29, 0.717) is 10.6 Å². The number of carbonyl (C=O) groups excluding carboxylic acids is 1. The van der Waals surface area contributed by atoms with E-state index in [1.165, 1.54) is 10.4 Å². The summed E-state index contributed by atoms with van der Waals surface area (Å²) in [4.78, 5) is 17.7. The zero-order chi connectivity index (χ0) is 18.8. The summed E-state index contributed by atoms with van der Waals surface area (Å²) in [5, 5.41) is 5.68. The lowest BCUT2D eigenvalue weighted by atomic mass is 10.1. The first-order valence-corrected chi connectivity index (χ1v) is 11.2. The molecule has 0 radical (unpaired) electrons. The number of rotatable bonds is 4. The zero-order valence-electron chi connectivity index (χ0n) is 14.9. The predicted molar refractivity (Wildman–Crippen MR) is 117 cm³/mol. The van der Waals surface area contributed by atoms with E-state index in [-0.39, 0.29) is 5.91 Å². The lowest BCUT2D eigenvalue weighted by Gasteiger charge is -2.30. The van der Waals surface area contributed by atoms with E-state index in [0.717, 1.165) is 35.8 Å². The van der Waals surface area contributed by atoms with Crippen LogP contribution in [0.4, 0.5) is 11.4 Å². The van der Waals surface area contributed by atoms with Gasteiger partial charge in [0.2, 0.25) is 0 Å². The number of carbonyl (C=O) groups is 1. The highest BCUT2D eigenvalue weighted by molar-refractivity contribution is 7.98. The lowest BCUT2D eigenvalue weighted by molar-refractivity contribution is 0.102. The Balaban J connectivity index is 1.60. The number of anilines is 2. The van der Waals surface area contributed by atoms with Crippen LogP contribution in [0.3, 0.4) is 0 Å². The first-order valence-electron chi connectivity index (χ1n) is 8.70. The number of nitrogens with zero attached hydrogens (tertiary/aromatic N) is 1. The molecule has 1 amide bonds. The fourth-order valence-corrected chi connectivity index (χ4v) is 4.84. The summed E-state index contributed by atoms with van der Waals surface area (Å²) in [5.41, 5.74) is 3.73. The number of benzene rings is 2. The normalized spacial score (nSPS) is 13.3. The molecule has 6 heteroatoms. The van der Waals surface area contributed by atoms with Crippen LogP contribution in [0.25, 0.3) is 0 Å². The molecule has 0 bridgehead atoms. The Morgan fingerprint density at radius 1 is 1.22 bits per heavy atom. The predicted octanol–water partition coefficient (Wildman–Crippen LogP) is 5.94. The fourth-order valence-electron chi connectivity index (χ4n) is 3.30. The van der Waals surface area contributed by atoms with Crippen LogP contribution in [-0.4, -0.2) is 18.7 Å². The number of fused-ring (bicyclic) bond motifs is 1. The van der Waals surface area contributed by atoms with Crippen molar-refractivity contribution in [1.82, 2.24) is 0 Å². The average molecular weight is 415 g/mol. The van der Waals surface area contributed by atoms with Gasteiger partial charge in [0.05, 0.1) is 22.0 Å². The minimum atomic E-state index is -0.184. The smallest absolute Gasteiger partial charge is 0.257 e. The first-order chi connectivity index (χ1) is 13.2. The van der Waals surface area contributed by atoms with E-state index < -0.39 is 0 Å². The van der Waals surface area contributed by atoms with Gasteiger partial charge in [0.25, 0.3) is 5.91 Å². The van der Waals surface area contributed by atoms with Crippen LogP contribution in [0.5, 0.6) is 0 Å². The molecular weight excluding hydrogens is 396 g/mol. The van der Waals surface area contributed by atoms with E-state index >= 15 is 0 Å². The van der Waals surface area contributed by atoms with Crippen LogP contribution in [0.2, 0.25) is 5.02 Å². The molecule has 0 atom stereocenters. The van der Waals surface area contributed by atoms with Gasteiger partial charge in [-0.1, -0.05) is 23.7 Å². The van der Waals surface area contributed by atoms with Crippen LogP contribution in [0.1, 0.15) is 20.8 Å². The SMILES string of the molecule is CSc1ccc(Cl)c(C(=O)Nc2ccccc2N2CCc3sccc3C2)c1. The summed E-state index contributed by atoms with van der Waals surface area (Å²) in [5.74, 6) is -0.184. The third-order valence-electron chi connectivity index (χ3n) is 4.72. The van der Waals surface area contributed by atoms with Crippen LogP contribution < -0.4 is 10.2 Å². The number of thioether (sulfide) groups is 1. The molecule has 0 aliphatic carbocycles. The van der Waals surface area contributed by atoms with Crippen LogP contribution in [0.15, 0.2) is 58.8 Å². The highest BCUT2D eigenvalue weighted by Crippen LogP contribution is 2.33. The Kier molecular flexibility index (Phi) is 5.43. The molecule has 0 spiro atoms. The molecule has 0 saturated carbocycles. The van der Waals surface area contributed by atoms with Gasteiger partial charge >= 0.3 is 0 Å². The minimum Gasteiger partial charge on any atom is -0.365 e. The van der Waals surface area contributed by atoms with E-state index in [1.807, 2.05) is 47.9 Å². The van der Waals surface area contributed by atoms with Gasteiger partial charge in [-0.05, 0) is 60.0 Å². The Morgan fingerprint density at radius 2 is 2.07 bits per heavy atom. The highest BCUT2D eigenvalue weighted by Gasteiger charge is 2.21. The second-order valence-electron chi connectivity index (χ2n) is 6.36. The summed E-state index contributed by atoms with van der Waals surface area (Å²) in [6.45, 7) is 1.82. The van der Waals surface area contributed by atoms with Gasteiger partial charge in [0.15, 0.2) is 0 Å². The number of hydrogen-bond donors (Lipinski definition) is 1. The van der Waals surface area contributed by atoms with Crippen molar-refractivity contribution >= 4 is 52.0 Å². The van der Waals surface area contributed by atoms with Gasteiger partial charge in [-0.3, -0.25) is 4.79 Å². The van der Waals surface area contributed by atoms with Gasteiger partial charge in [-0.25, -0.2) is 0 Å². The van der Waals surface area contributed by atoms with Crippen molar-refractivity contribution in [2.75, 3.05) is 23.0 Å². The quantitative estimate of drug-likeness (QED) is 0.536. The average Bonchev–Trinajstić information content (AvgIpc) is 3.16. The topological polar surface area (TPSA) is 32.3 Å². The summed E-state index contributed by atoms with van der Waals surface area (Å²) >= 11 is 9.68. The number of para-hydroxylation sites is 2.